The van der Waals surface area contributed by atoms with Crippen LogP contribution in [0.15, 0.2) is 72.8 Å². The zero-order chi connectivity index (χ0) is 29.6. The highest BCUT2D eigenvalue weighted by molar-refractivity contribution is 5.92. The third-order valence-corrected chi connectivity index (χ3v) is 6.91. The number of benzene rings is 3. The summed E-state index contributed by atoms with van der Waals surface area (Å²) in [6.45, 7) is 2.42. The second-order valence-corrected chi connectivity index (χ2v) is 9.75. The predicted octanol–water partition coefficient (Wildman–Crippen LogP) is 5.63. The highest BCUT2D eigenvalue weighted by Gasteiger charge is 2.15. The van der Waals surface area contributed by atoms with Crippen molar-refractivity contribution in [1.29, 1.82) is 5.26 Å². The molecule has 0 radical (unpaired) electrons. The molecule has 1 saturated heterocycles. The molecule has 2 aromatic heterocycles. The number of carboxylic acid groups (broad SMARTS) is 1. The molecule has 1 aliphatic heterocycles. The van der Waals surface area contributed by atoms with Crippen molar-refractivity contribution in [2.24, 2.45) is 7.05 Å². The molecule has 3 heterocycles. The summed E-state index contributed by atoms with van der Waals surface area (Å²) in [4.78, 5) is 20.2. The fourth-order valence-corrected chi connectivity index (χ4v) is 4.27. The number of imidazole rings is 1. The van der Waals surface area contributed by atoms with Gasteiger partial charge in [0.05, 0.1) is 33.9 Å². The van der Waals surface area contributed by atoms with Crippen molar-refractivity contribution in [3.63, 3.8) is 0 Å². The summed E-state index contributed by atoms with van der Waals surface area (Å²) >= 11 is 0. The number of hydrogen-bond acceptors (Lipinski definition) is 6. The van der Waals surface area contributed by atoms with Crippen LogP contribution in [-0.2, 0) is 20.1 Å². The van der Waals surface area contributed by atoms with E-state index in [9.17, 15) is 14.3 Å². The van der Waals surface area contributed by atoms with E-state index in [2.05, 4.69) is 15.3 Å². The van der Waals surface area contributed by atoms with Crippen LogP contribution >= 0.6 is 0 Å². The maximum absolute atomic E-state index is 15.1. The number of nitrogens with zero attached hydrogens (tertiary/aromatic N) is 4. The summed E-state index contributed by atoms with van der Waals surface area (Å²) in [6.07, 6.45) is 1.60. The number of pyridine rings is 1. The summed E-state index contributed by atoms with van der Waals surface area (Å²) in [5.74, 6) is -1.16. The van der Waals surface area contributed by atoms with Crippen LogP contribution < -0.4 is 10.1 Å². The van der Waals surface area contributed by atoms with Gasteiger partial charge in [0.1, 0.15) is 24.1 Å². The molecule has 212 valence electrons. The number of aryl methyl sites for hydroxylation is 1. The minimum absolute atomic E-state index is 0.0761. The van der Waals surface area contributed by atoms with E-state index in [1.54, 1.807) is 54.1 Å². The molecule has 0 amide bonds. The first kappa shape index (κ1) is 28.4. The number of carbonyl (C=O) groups is 1. The van der Waals surface area contributed by atoms with E-state index in [0.29, 0.717) is 33.7 Å². The Bertz CT molecular complexity index is 1800. The number of nitriles is 1. The van der Waals surface area contributed by atoms with E-state index in [1.165, 1.54) is 43.8 Å². The van der Waals surface area contributed by atoms with Crippen molar-refractivity contribution >= 4 is 17.0 Å². The van der Waals surface area contributed by atoms with Gasteiger partial charge < -0.3 is 19.7 Å². The van der Waals surface area contributed by atoms with Gasteiger partial charge in [0.2, 0.25) is 5.88 Å². The van der Waals surface area contributed by atoms with Crippen molar-refractivity contribution < 1.29 is 23.4 Å². The molecular formula is C32H27F2N5O3. The number of hydrogen-bond donors (Lipinski definition) is 2. The summed E-state index contributed by atoms with van der Waals surface area (Å²) in [7, 11) is 1.77. The van der Waals surface area contributed by atoms with Gasteiger partial charge in [0, 0.05) is 30.7 Å². The van der Waals surface area contributed by atoms with Gasteiger partial charge in [-0.15, -0.1) is 0 Å². The molecule has 0 atom stereocenters. The summed E-state index contributed by atoms with van der Waals surface area (Å²) in [5.41, 5.74) is 3.39. The smallest absolute Gasteiger partial charge is 0.335 e. The van der Waals surface area contributed by atoms with Crippen LogP contribution in [0.1, 0.15) is 39.3 Å². The number of nitrogens with one attached hydrogen (secondary N) is 1. The number of carboxylic acids is 1. The minimum Gasteiger partial charge on any atom is -0.478 e. The normalized spacial score (nSPS) is 12.1. The van der Waals surface area contributed by atoms with Crippen LogP contribution in [0.4, 0.5) is 8.78 Å². The van der Waals surface area contributed by atoms with Crippen molar-refractivity contribution in [3.8, 4) is 23.2 Å². The lowest BCUT2D eigenvalue weighted by Gasteiger charge is -2.10. The largest absolute Gasteiger partial charge is 0.478 e. The number of ether oxygens (including phenoxy) is 1. The second-order valence-electron chi connectivity index (χ2n) is 9.75. The molecule has 42 heavy (non-hydrogen) atoms. The number of rotatable bonds is 7. The standard InChI is InChI=1S/C29H20F2N4O3.C3H7N/c1-35-26-13-20(29(36)37)9-10-25(26)33-27(35)14-18-7-8-19(12-23(18)31)24-3-2-4-28(34-24)38-16-21-6-5-17(15-32)11-22(21)30;1-2-4-3-1/h2-13H,14,16H2,1H3,(H,36,37);4H,1-3H2. The molecule has 8 nitrogen and oxygen atoms in total. The van der Waals surface area contributed by atoms with Gasteiger partial charge >= 0.3 is 5.97 Å². The quantitative estimate of drug-likeness (QED) is 0.262. The second kappa shape index (κ2) is 12.6. The van der Waals surface area contributed by atoms with Gasteiger partial charge in [-0.1, -0.05) is 24.3 Å². The molecule has 5 aromatic rings. The highest BCUT2D eigenvalue weighted by atomic mass is 19.1. The minimum atomic E-state index is -1.03. The Morgan fingerprint density at radius 1 is 1.02 bits per heavy atom. The monoisotopic (exact) mass is 567 g/mol. The Labute approximate surface area is 240 Å². The average molecular weight is 568 g/mol. The predicted molar refractivity (Wildman–Crippen MR) is 153 cm³/mol. The third-order valence-electron chi connectivity index (χ3n) is 6.91. The van der Waals surface area contributed by atoms with Crippen LogP contribution in [-0.4, -0.2) is 38.7 Å². The number of halogens is 2. The molecular weight excluding hydrogens is 540 g/mol. The highest BCUT2D eigenvalue weighted by Crippen LogP contribution is 2.25. The SMILES string of the molecule is C1CNC1.Cn1c(Cc2ccc(-c3cccc(OCc4ccc(C#N)cc4F)n3)cc2F)nc2ccc(C(=O)O)cc21. The first-order chi connectivity index (χ1) is 20.3. The van der Waals surface area contributed by atoms with Crippen LogP contribution in [0, 0.1) is 23.0 Å². The number of fused-ring (bicyclic) bond motifs is 1. The molecule has 10 heteroatoms. The molecule has 1 aliphatic rings. The molecule has 0 bridgehead atoms. The number of aromatic carboxylic acids is 1. The van der Waals surface area contributed by atoms with Gasteiger partial charge in [-0.3, -0.25) is 0 Å². The maximum Gasteiger partial charge on any atom is 0.335 e. The fourth-order valence-electron chi connectivity index (χ4n) is 4.27. The molecule has 0 spiro atoms. The molecule has 2 N–H and O–H groups in total. The van der Waals surface area contributed by atoms with Crippen molar-refractivity contribution in [2.45, 2.75) is 19.4 Å². The summed E-state index contributed by atoms with van der Waals surface area (Å²) in [5, 5.41) is 21.2. The van der Waals surface area contributed by atoms with E-state index in [4.69, 9.17) is 10.00 Å². The maximum atomic E-state index is 15.1. The lowest BCUT2D eigenvalue weighted by molar-refractivity contribution is 0.0697. The zero-order valence-electron chi connectivity index (χ0n) is 22.8. The summed E-state index contributed by atoms with van der Waals surface area (Å²) in [6, 6.07) is 20.5. The Kier molecular flexibility index (Phi) is 8.50. The van der Waals surface area contributed by atoms with Gasteiger partial charge in [0.25, 0.3) is 0 Å². The van der Waals surface area contributed by atoms with E-state index in [0.717, 1.165) is 6.07 Å². The Hall–Kier alpha value is -5.14. The Morgan fingerprint density at radius 3 is 2.43 bits per heavy atom. The third kappa shape index (κ3) is 6.43. The number of aromatic nitrogens is 3. The van der Waals surface area contributed by atoms with Gasteiger partial charge in [-0.2, -0.15) is 5.26 Å². The lowest BCUT2D eigenvalue weighted by atomic mass is 10.1. The van der Waals surface area contributed by atoms with E-state index in [1.807, 2.05) is 6.07 Å². The molecule has 0 aliphatic carbocycles. The van der Waals surface area contributed by atoms with Crippen molar-refractivity contribution in [1.82, 2.24) is 19.9 Å². The van der Waals surface area contributed by atoms with Crippen LogP contribution in [0.2, 0.25) is 0 Å². The van der Waals surface area contributed by atoms with Crippen molar-refractivity contribution in [2.75, 3.05) is 13.1 Å². The average Bonchev–Trinajstić information content (AvgIpc) is 3.26. The Balaban J connectivity index is 0.000000813. The zero-order valence-corrected chi connectivity index (χ0v) is 22.8. The molecule has 1 fully saturated rings. The molecule has 3 aromatic carbocycles. The van der Waals surface area contributed by atoms with Gasteiger partial charge in [-0.25, -0.2) is 23.5 Å². The first-order valence-electron chi connectivity index (χ1n) is 13.3. The van der Waals surface area contributed by atoms with E-state index < -0.39 is 17.6 Å². The molecule has 6 rings (SSSR count). The van der Waals surface area contributed by atoms with E-state index >= 15 is 4.39 Å². The van der Waals surface area contributed by atoms with Crippen LogP contribution in [0.5, 0.6) is 5.88 Å². The summed E-state index contributed by atoms with van der Waals surface area (Å²) < 4.78 is 36.6. The van der Waals surface area contributed by atoms with E-state index in [-0.39, 0.29) is 35.6 Å². The van der Waals surface area contributed by atoms with Gasteiger partial charge in [-0.05, 0) is 67.5 Å². The first-order valence-corrected chi connectivity index (χ1v) is 13.3. The van der Waals surface area contributed by atoms with Crippen LogP contribution in [0.3, 0.4) is 0 Å². The lowest BCUT2D eigenvalue weighted by Crippen LogP contribution is -2.29. The Morgan fingerprint density at radius 2 is 1.76 bits per heavy atom. The van der Waals surface area contributed by atoms with Crippen LogP contribution in [0.25, 0.3) is 22.3 Å². The fraction of sp³-hybridized carbons (Fsp3) is 0.188. The van der Waals surface area contributed by atoms with Crippen molar-refractivity contribution in [3.05, 3.63) is 113 Å². The van der Waals surface area contributed by atoms with Gasteiger partial charge in [0.15, 0.2) is 0 Å². The topological polar surface area (TPSA) is 113 Å². The molecule has 0 unspecified atom stereocenters. The molecule has 0 saturated carbocycles.